The van der Waals surface area contributed by atoms with Gasteiger partial charge in [0.1, 0.15) is 0 Å². The highest BCUT2D eigenvalue weighted by atomic mass is 15.3. The minimum atomic E-state index is 0.412. The topological polar surface area (TPSA) is 47.7 Å². The van der Waals surface area contributed by atoms with Crippen LogP contribution in [0.2, 0.25) is 0 Å². The van der Waals surface area contributed by atoms with Gasteiger partial charge in [0.05, 0.1) is 24.3 Å². The summed E-state index contributed by atoms with van der Waals surface area (Å²) < 4.78 is 4.08. The van der Waals surface area contributed by atoms with E-state index in [9.17, 15) is 0 Å². The fourth-order valence-electron chi connectivity index (χ4n) is 2.06. The highest BCUT2D eigenvalue weighted by molar-refractivity contribution is 5.04. The lowest BCUT2D eigenvalue weighted by atomic mass is 10.4. The maximum atomic E-state index is 4.55. The fraction of sp³-hybridized carbons (Fsp3) is 0.571. The van der Waals surface area contributed by atoms with Gasteiger partial charge in [-0.15, -0.1) is 0 Å². The Morgan fingerprint density at radius 3 is 2.89 bits per heavy atom. The van der Waals surface area contributed by atoms with Crippen LogP contribution in [0.15, 0.2) is 24.8 Å². The third-order valence-electron chi connectivity index (χ3n) is 3.37. The van der Waals surface area contributed by atoms with Crippen LogP contribution in [0, 0.1) is 0 Å². The standard InChI is InChI=1S/C14H21N5/c1-11(2)19-6-5-13(17-19)8-18-9-14(16-10-18)7-15-12-3-4-12/h5-6,9-12,15H,3-4,7-8H2,1-2H3. The van der Waals surface area contributed by atoms with Crippen molar-refractivity contribution in [3.63, 3.8) is 0 Å². The summed E-state index contributed by atoms with van der Waals surface area (Å²) in [6, 6.07) is 3.21. The van der Waals surface area contributed by atoms with Crippen LogP contribution in [0.25, 0.3) is 0 Å². The fourth-order valence-corrected chi connectivity index (χ4v) is 2.06. The van der Waals surface area contributed by atoms with E-state index in [0.717, 1.165) is 30.5 Å². The third-order valence-corrected chi connectivity index (χ3v) is 3.37. The van der Waals surface area contributed by atoms with E-state index in [0.29, 0.717) is 6.04 Å². The summed E-state index contributed by atoms with van der Waals surface area (Å²) in [5.74, 6) is 0. The van der Waals surface area contributed by atoms with Gasteiger partial charge in [-0.2, -0.15) is 5.10 Å². The molecule has 1 aliphatic rings. The minimum absolute atomic E-state index is 0.412. The quantitative estimate of drug-likeness (QED) is 0.862. The number of hydrogen-bond acceptors (Lipinski definition) is 3. The van der Waals surface area contributed by atoms with Crippen LogP contribution in [0.3, 0.4) is 0 Å². The Morgan fingerprint density at radius 2 is 2.21 bits per heavy atom. The lowest BCUT2D eigenvalue weighted by Gasteiger charge is -2.04. The van der Waals surface area contributed by atoms with Crippen LogP contribution in [-0.4, -0.2) is 25.4 Å². The normalized spacial score (nSPS) is 15.3. The second kappa shape index (κ2) is 5.17. The maximum absolute atomic E-state index is 4.55. The summed E-state index contributed by atoms with van der Waals surface area (Å²) in [5.41, 5.74) is 2.18. The minimum Gasteiger partial charge on any atom is -0.331 e. The van der Waals surface area contributed by atoms with Crippen molar-refractivity contribution in [3.05, 3.63) is 36.2 Å². The van der Waals surface area contributed by atoms with Gasteiger partial charge in [-0.1, -0.05) is 0 Å². The molecule has 1 fully saturated rings. The van der Waals surface area contributed by atoms with Gasteiger partial charge >= 0.3 is 0 Å². The Balaban J connectivity index is 1.58. The number of hydrogen-bond donors (Lipinski definition) is 1. The van der Waals surface area contributed by atoms with E-state index >= 15 is 0 Å². The van der Waals surface area contributed by atoms with Crippen LogP contribution in [0.1, 0.15) is 44.1 Å². The molecule has 2 aromatic rings. The zero-order chi connectivity index (χ0) is 13.2. The van der Waals surface area contributed by atoms with Crippen LogP contribution < -0.4 is 5.32 Å². The molecule has 0 aromatic carbocycles. The highest BCUT2D eigenvalue weighted by Crippen LogP contribution is 2.19. The first-order valence-corrected chi connectivity index (χ1v) is 6.99. The number of nitrogens with zero attached hydrogens (tertiary/aromatic N) is 4. The summed E-state index contributed by atoms with van der Waals surface area (Å²) in [7, 11) is 0. The predicted molar refractivity (Wildman–Crippen MR) is 73.8 cm³/mol. The summed E-state index contributed by atoms with van der Waals surface area (Å²) in [4.78, 5) is 4.42. The Morgan fingerprint density at radius 1 is 1.37 bits per heavy atom. The Hall–Kier alpha value is -1.62. The van der Waals surface area contributed by atoms with Gasteiger partial charge in [-0.05, 0) is 32.8 Å². The Kier molecular flexibility index (Phi) is 3.38. The molecule has 0 amide bonds. The van der Waals surface area contributed by atoms with Crippen molar-refractivity contribution in [2.75, 3.05) is 0 Å². The van der Waals surface area contributed by atoms with Crippen LogP contribution in [0.4, 0.5) is 0 Å². The van der Waals surface area contributed by atoms with Crippen molar-refractivity contribution in [2.24, 2.45) is 0 Å². The van der Waals surface area contributed by atoms with Gasteiger partial charge in [0.25, 0.3) is 0 Å². The first-order chi connectivity index (χ1) is 9.20. The lowest BCUT2D eigenvalue weighted by molar-refractivity contribution is 0.523. The predicted octanol–water partition coefficient (Wildman–Crippen LogP) is 1.96. The van der Waals surface area contributed by atoms with Crippen molar-refractivity contribution >= 4 is 0 Å². The molecule has 0 bridgehead atoms. The molecular weight excluding hydrogens is 238 g/mol. The molecule has 0 aliphatic heterocycles. The molecule has 5 heteroatoms. The van der Waals surface area contributed by atoms with E-state index in [1.807, 2.05) is 17.2 Å². The molecule has 0 atom stereocenters. The Labute approximate surface area is 113 Å². The Bertz CT molecular complexity index is 536. The van der Waals surface area contributed by atoms with E-state index in [1.165, 1.54) is 12.8 Å². The van der Waals surface area contributed by atoms with Gasteiger partial charge in [0.15, 0.2) is 0 Å². The first kappa shape index (κ1) is 12.4. The molecule has 0 spiro atoms. The molecule has 2 aromatic heterocycles. The molecule has 102 valence electrons. The molecule has 1 saturated carbocycles. The molecule has 19 heavy (non-hydrogen) atoms. The summed E-state index contributed by atoms with van der Waals surface area (Å²) in [5, 5.41) is 8.02. The average Bonchev–Trinajstić information content (AvgIpc) is 2.91. The van der Waals surface area contributed by atoms with Gasteiger partial charge in [0, 0.05) is 31.0 Å². The number of aromatic nitrogens is 4. The number of imidazole rings is 1. The summed E-state index contributed by atoms with van der Waals surface area (Å²) in [6.07, 6.45) is 8.65. The van der Waals surface area contributed by atoms with Gasteiger partial charge in [-0.25, -0.2) is 4.98 Å². The molecule has 0 radical (unpaired) electrons. The van der Waals surface area contributed by atoms with Crippen LogP contribution >= 0.6 is 0 Å². The zero-order valence-electron chi connectivity index (χ0n) is 11.6. The first-order valence-electron chi connectivity index (χ1n) is 6.99. The molecule has 1 aliphatic carbocycles. The molecule has 5 nitrogen and oxygen atoms in total. The maximum Gasteiger partial charge on any atom is 0.0953 e. The molecule has 0 unspecified atom stereocenters. The van der Waals surface area contributed by atoms with Crippen LogP contribution in [-0.2, 0) is 13.1 Å². The molecular formula is C14H21N5. The van der Waals surface area contributed by atoms with Gasteiger partial charge in [-0.3, -0.25) is 4.68 Å². The molecule has 2 heterocycles. The molecule has 0 saturated heterocycles. The van der Waals surface area contributed by atoms with Crippen molar-refractivity contribution in [1.82, 2.24) is 24.6 Å². The van der Waals surface area contributed by atoms with E-state index < -0.39 is 0 Å². The lowest BCUT2D eigenvalue weighted by Crippen LogP contribution is -2.15. The van der Waals surface area contributed by atoms with E-state index in [2.05, 4.69) is 46.1 Å². The van der Waals surface area contributed by atoms with Crippen molar-refractivity contribution < 1.29 is 0 Å². The van der Waals surface area contributed by atoms with Gasteiger partial charge < -0.3 is 9.88 Å². The molecule has 3 rings (SSSR count). The van der Waals surface area contributed by atoms with E-state index in [-0.39, 0.29) is 0 Å². The second-order valence-corrected chi connectivity index (χ2v) is 5.57. The van der Waals surface area contributed by atoms with Gasteiger partial charge in [0.2, 0.25) is 0 Å². The largest absolute Gasteiger partial charge is 0.331 e. The number of rotatable bonds is 6. The SMILES string of the molecule is CC(C)n1ccc(Cn2cnc(CNC3CC3)c2)n1. The monoisotopic (exact) mass is 259 g/mol. The average molecular weight is 259 g/mol. The van der Waals surface area contributed by atoms with Crippen molar-refractivity contribution in [2.45, 2.75) is 51.9 Å². The smallest absolute Gasteiger partial charge is 0.0953 e. The van der Waals surface area contributed by atoms with Crippen LogP contribution in [0.5, 0.6) is 0 Å². The zero-order valence-corrected chi connectivity index (χ0v) is 11.6. The van der Waals surface area contributed by atoms with E-state index in [4.69, 9.17) is 0 Å². The van der Waals surface area contributed by atoms with Crippen molar-refractivity contribution in [3.8, 4) is 0 Å². The highest BCUT2D eigenvalue weighted by Gasteiger charge is 2.20. The summed E-state index contributed by atoms with van der Waals surface area (Å²) >= 11 is 0. The third kappa shape index (κ3) is 3.23. The second-order valence-electron chi connectivity index (χ2n) is 5.57. The summed E-state index contributed by atoms with van der Waals surface area (Å²) in [6.45, 7) is 5.93. The van der Waals surface area contributed by atoms with Crippen molar-refractivity contribution in [1.29, 1.82) is 0 Å². The number of nitrogens with one attached hydrogen (secondary N) is 1. The van der Waals surface area contributed by atoms with E-state index in [1.54, 1.807) is 0 Å². The molecule has 1 N–H and O–H groups in total.